The van der Waals surface area contributed by atoms with Gasteiger partial charge in [0.1, 0.15) is 0 Å². The number of carbonyl (C=O) groups is 2. The van der Waals surface area contributed by atoms with E-state index >= 15 is 0 Å². The van der Waals surface area contributed by atoms with E-state index in [0.717, 1.165) is 0 Å². The second-order valence-corrected chi connectivity index (χ2v) is 5.44. The molecule has 2 rings (SSSR count). The van der Waals surface area contributed by atoms with Gasteiger partial charge in [0.25, 0.3) is 0 Å². The molecule has 8 heteroatoms. The van der Waals surface area contributed by atoms with Gasteiger partial charge < -0.3 is 9.64 Å². The van der Waals surface area contributed by atoms with Crippen LogP contribution in [0.25, 0.3) is 0 Å². The average Bonchev–Trinajstić information content (AvgIpc) is 2.27. The zero-order chi connectivity index (χ0) is 13.4. The fourth-order valence-corrected chi connectivity index (χ4v) is 3.00. The van der Waals surface area contributed by atoms with Crippen LogP contribution < -0.4 is 0 Å². The zero-order valence-electron chi connectivity index (χ0n) is 9.31. The summed E-state index contributed by atoms with van der Waals surface area (Å²) < 4.78 is 40.5. The van der Waals surface area contributed by atoms with Crippen LogP contribution in [0.15, 0.2) is 11.8 Å². The van der Waals surface area contributed by atoms with E-state index < -0.39 is 18.8 Å². The van der Waals surface area contributed by atoms with Crippen LogP contribution in [0.1, 0.15) is 13.3 Å². The summed E-state index contributed by atoms with van der Waals surface area (Å²) in [6, 6.07) is 0. The van der Waals surface area contributed by atoms with Crippen LogP contribution >= 0.6 is 11.8 Å². The Morgan fingerprint density at radius 3 is 2.78 bits per heavy atom. The lowest BCUT2D eigenvalue weighted by atomic mass is 10.1. The number of esters is 1. The Morgan fingerprint density at radius 2 is 2.22 bits per heavy atom. The standard InChI is InChI=1S/C10H10F3NO3S/c1-4-5(10(16)17-9(13)8(11)12)3-14-6(15)2-7(14)18-4/h3-4,7-9H,2H2,1H3/t4?,7-,9?/m1/s1. The van der Waals surface area contributed by atoms with Crippen LogP contribution in [-0.4, -0.2) is 40.2 Å². The molecule has 0 N–H and O–H groups in total. The second-order valence-electron chi connectivity index (χ2n) is 3.91. The van der Waals surface area contributed by atoms with E-state index in [2.05, 4.69) is 4.74 Å². The highest BCUT2D eigenvalue weighted by molar-refractivity contribution is 8.00. The molecule has 2 heterocycles. The van der Waals surface area contributed by atoms with Gasteiger partial charge in [0.2, 0.25) is 5.91 Å². The van der Waals surface area contributed by atoms with E-state index in [1.54, 1.807) is 6.92 Å². The lowest BCUT2D eigenvalue weighted by Crippen LogP contribution is -2.51. The molecular formula is C10H10F3NO3S. The maximum absolute atomic E-state index is 12.6. The summed E-state index contributed by atoms with van der Waals surface area (Å²) in [7, 11) is 0. The normalized spacial score (nSPS) is 28.4. The minimum Gasteiger partial charge on any atom is -0.421 e. The Balaban J connectivity index is 2.07. The number of ether oxygens (including phenoxy) is 1. The van der Waals surface area contributed by atoms with Gasteiger partial charge in [0, 0.05) is 11.4 Å². The van der Waals surface area contributed by atoms with E-state index in [9.17, 15) is 22.8 Å². The first-order valence-electron chi connectivity index (χ1n) is 5.21. The molecule has 0 radical (unpaired) electrons. The van der Waals surface area contributed by atoms with Crippen molar-refractivity contribution in [3.8, 4) is 0 Å². The van der Waals surface area contributed by atoms with E-state index in [0.29, 0.717) is 6.42 Å². The molecule has 18 heavy (non-hydrogen) atoms. The van der Waals surface area contributed by atoms with Gasteiger partial charge in [0.15, 0.2) is 0 Å². The molecule has 0 spiro atoms. The fraction of sp³-hybridized carbons (Fsp3) is 0.600. The molecule has 1 amide bonds. The molecule has 100 valence electrons. The fourth-order valence-electron chi connectivity index (χ4n) is 1.67. The number of β-lactam (4-membered cyclic amide) rings is 1. The molecule has 0 aliphatic carbocycles. The monoisotopic (exact) mass is 281 g/mol. The molecule has 1 saturated heterocycles. The number of fused-ring (bicyclic) bond motifs is 1. The molecule has 0 aromatic carbocycles. The Labute approximate surface area is 105 Å². The number of amides is 1. The second kappa shape index (κ2) is 4.83. The zero-order valence-corrected chi connectivity index (χ0v) is 10.1. The van der Waals surface area contributed by atoms with Crippen LogP contribution in [0, 0.1) is 0 Å². The Hall–Kier alpha value is -1.18. The average molecular weight is 281 g/mol. The summed E-state index contributed by atoms with van der Waals surface area (Å²) in [5.41, 5.74) is 0.0209. The van der Waals surface area contributed by atoms with Gasteiger partial charge in [-0.1, -0.05) is 0 Å². The number of rotatable bonds is 3. The predicted octanol–water partition coefficient (Wildman–Crippen LogP) is 1.67. The van der Waals surface area contributed by atoms with Gasteiger partial charge in [-0.3, -0.25) is 4.79 Å². The van der Waals surface area contributed by atoms with Crippen molar-refractivity contribution in [3.05, 3.63) is 11.8 Å². The molecule has 1 fully saturated rings. The van der Waals surface area contributed by atoms with E-state index in [4.69, 9.17) is 0 Å². The molecule has 3 atom stereocenters. The van der Waals surface area contributed by atoms with Gasteiger partial charge in [-0.2, -0.15) is 4.39 Å². The van der Waals surface area contributed by atoms with Crippen molar-refractivity contribution in [3.63, 3.8) is 0 Å². The summed E-state index contributed by atoms with van der Waals surface area (Å²) in [5.74, 6) is -1.31. The van der Waals surface area contributed by atoms with Gasteiger partial charge >= 0.3 is 18.8 Å². The Morgan fingerprint density at radius 1 is 1.56 bits per heavy atom. The van der Waals surface area contributed by atoms with Crippen LogP contribution in [0.5, 0.6) is 0 Å². The molecule has 4 nitrogen and oxygen atoms in total. The number of hydrogen-bond donors (Lipinski definition) is 0. The lowest BCUT2D eigenvalue weighted by molar-refractivity contribution is -0.169. The number of thioether (sulfide) groups is 1. The Kier molecular flexibility index (Phi) is 3.56. The van der Waals surface area contributed by atoms with Crippen molar-refractivity contribution in [2.75, 3.05) is 0 Å². The molecule has 0 aromatic rings. The minimum atomic E-state index is -3.38. The van der Waals surface area contributed by atoms with Crippen LogP contribution in [0.4, 0.5) is 13.2 Å². The highest BCUT2D eigenvalue weighted by atomic mass is 32.2. The first-order chi connectivity index (χ1) is 8.40. The minimum absolute atomic E-state index is 0.0209. The maximum atomic E-state index is 12.6. The van der Waals surface area contributed by atoms with Crippen molar-refractivity contribution in [2.24, 2.45) is 0 Å². The van der Waals surface area contributed by atoms with Crippen LogP contribution in [0.3, 0.4) is 0 Å². The first-order valence-corrected chi connectivity index (χ1v) is 6.16. The molecule has 2 aliphatic rings. The van der Waals surface area contributed by atoms with Crippen molar-refractivity contribution in [2.45, 2.75) is 36.8 Å². The molecular weight excluding hydrogens is 271 g/mol. The van der Waals surface area contributed by atoms with E-state index in [1.807, 2.05) is 0 Å². The number of nitrogens with zero attached hydrogens (tertiary/aromatic N) is 1. The maximum Gasteiger partial charge on any atom is 0.339 e. The number of carbonyl (C=O) groups excluding carboxylic acids is 2. The number of hydrogen-bond acceptors (Lipinski definition) is 4. The van der Waals surface area contributed by atoms with Crippen molar-refractivity contribution < 1.29 is 27.5 Å². The third-order valence-electron chi connectivity index (χ3n) is 2.68. The van der Waals surface area contributed by atoms with Crippen molar-refractivity contribution >= 4 is 23.6 Å². The smallest absolute Gasteiger partial charge is 0.339 e. The number of halogens is 3. The molecule has 0 bridgehead atoms. The first kappa shape index (κ1) is 13.3. The van der Waals surface area contributed by atoms with Gasteiger partial charge in [-0.05, 0) is 6.92 Å². The quantitative estimate of drug-likeness (QED) is 0.583. The highest BCUT2D eigenvalue weighted by Gasteiger charge is 2.42. The molecule has 2 unspecified atom stereocenters. The summed E-state index contributed by atoms with van der Waals surface area (Å²) in [4.78, 5) is 24.0. The van der Waals surface area contributed by atoms with E-state index in [-0.39, 0.29) is 22.1 Å². The summed E-state index contributed by atoms with van der Waals surface area (Å²) in [5, 5.41) is -0.350. The van der Waals surface area contributed by atoms with Crippen LogP contribution in [0.2, 0.25) is 0 Å². The van der Waals surface area contributed by atoms with Gasteiger partial charge in [-0.25, -0.2) is 13.6 Å². The largest absolute Gasteiger partial charge is 0.421 e. The summed E-state index contributed by atoms with van der Waals surface area (Å²) in [6.07, 6.45) is -4.67. The topological polar surface area (TPSA) is 46.6 Å². The third kappa shape index (κ3) is 2.33. The SMILES string of the molecule is CC1S[C@@H]2CC(=O)N2C=C1C(=O)OC(F)C(F)F. The summed E-state index contributed by atoms with van der Waals surface area (Å²) in [6.45, 7) is 1.67. The molecule has 2 aliphatic heterocycles. The van der Waals surface area contributed by atoms with Gasteiger partial charge in [-0.15, -0.1) is 11.8 Å². The summed E-state index contributed by atoms with van der Waals surface area (Å²) >= 11 is 1.34. The third-order valence-corrected chi connectivity index (χ3v) is 4.05. The lowest BCUT2D eigenvalue weighted by Gasteiger charge is -2.42. The number of alkyl halides is 3. The Bertz CT molecular complexity index is 415. The van der Waals surface area contributed by atoms with Crippen molar-refractivity contribution in [1.29, 1.82) is 0 Å². The van der Waals surface area contributed by atoms with E-state index in [1.165, 1.54) is 22.9 Å². The highest BCUT2D eigenvalue weighted by Crippen LogP contribution is 2.40. The van der Waals surface area contributed by atoms with Crippen LogP contribution in [-0.2, 0) is 14.3 Å². The predicted molar refractivity (Wildman–Crippen MR) is 57.4 cm³/mol. The molecule has 0 saturated carbocycles. The molecule has 0 aromatic heterocycles. The van der Waals surface area contributed by atoms with Gasteiger partial charge in [0.05, 0.1) is 17.4 Å². The van der Waals surface area contributed by atoms with Crippen molar-refractivity contribution in [1.82, 2.24) is 4.90 Å².